The zero-order valence-corrected chi connectivity index (χ0v) is 13.2. The zero-order chi connectivity index (χ0) is 15.1. The summed E-state index contributed by atoms with van der Waals surface area (Å²) in [4.78, 5) is 0. The van der Waals surface area contributed by atoms with Crippen molar-refractivity contribution in [1.82, 2.24) is 10.7 Å². The van der Waals surface area contributed by atoms with Gasteiger partial charge in [-0.05, 0) is 42.4 Å². The van der Waals surface area contributed by atoms with Crippen LogP contribution in [0.3, 0.4) is 0 Å². The first-order valence-corrected chi connectivity index (χ1v) is 7.34. The minimum Gasteiger partial charge on any atom is -0.355 e. The number of hydrazone groups is 1. The monoisotopic (exact) mass is 317 g/mol. The molecule has 0 bridgehead atoms. The number of nitrogens with zero attached hydrogens (tertiary/aromatic N) is 1. The van der Waals surface area contributed by atoms with Gasteiger partial charge in [-0.2, -0.15) is 5.10 Å². The normalized spacial score (nSPS) is 12.1. The second-order valence-corrected chi connectivity index (χ2v) is 5.37. The molecule has 2 aromatic carbocycles. The summed E-state index contributed by atoms with van der Waals surface area (Å²) in [5.41, 5.74) is 4.92. The van der Waals surface area contributed by atoms with Gasteiger partial charge in [0, 0.05) is 5.02 Å². The lowest BCUT2D eigenvalue weighted by atomic mass is 10.1. The molecule has 0 heterocycles. The third-order valence-corrected chi connectivity index (χ3v) is 3.36. The van der Waals surface area contributed by atoms with Gasteiger partial charge < -0.3 is 5.32 Å². The van der Waals surface area contributed by atoms with Gasteiger partial charge in [0.25, 0.3) is 0 Å². The Kier molecular flexibility index (Phi) is 5.72. The molecule has 0 radical (unpaired) electrons. The molecule has 2 aromatic rings. The van der Waals surface area contributed by atoms with Crippen LogP contribution in [0.4, 0.5) is 0 Å². The average Bonchev–Trinajstić information content (AvgIpc) is 2.50. The molecule has 0 saturated heterocycles. The Hall–Kier alpha value is -1.91. The lowest BCUT2D eigenvalue weighted by Crippen LogP contribution is -2.34. The van der Waals surface area contributed by atoms with Crippen LogP contribution in [0, 0.1) is 0 Å². The van der Waals surface area contributed by atoms with Crippen molar-refractivity contribution in [1.29, 1.82) is 0 Å². The zero-order valence-electron chi connectivity index (χ0n) is 11.6. The summed E-state index contributed by atoms with van der Waals surface area (Å²) < 4.78 is 0. The summed E-state index contributed by atoms with van der Waals surface area (Å²) in [5.74, 6) is 0. The first-order valence-electron chi connectivity index (χ1n) is 6.55. The molecule has 0 aromatic heterocycles. The lowest BCUT2D eigenvalue weighted by Gasteiger charge is -2.15. The highest BCUT2D eigenvalue weighted by molar-refractivity contribution is 7.80. The first-order chi connectivity index (χ1) is 10.1. The van der Waals surface area contributed by atoms with Crippen molar-refractivity contribution >= 4 is 35.1 Å². The van der Waals surface area contributed by atoms with E-state index in [0.29, 0.717) is 10.1 Å². The molecule has 3 nitrogen and oxygen atoms in total. The third kappa shape index (κ3) is 5.17. The van der Waals surface area contributed by atoms with Crippen molar-refractivity contribution < 1.29 is 0 Å². The molecular formula is C16H16ClN3S. The summed E-state index contributed by atoms with van der Waals surface area (Å²) in [5, 5.41) is 8.46. The van der Waals surface area contributed by atoms with E-state index in [-0.39, 0.29) is 6.04 Å². The second kappa shape index (κ2) is 7.76. The molecule has 0 amide bonds. The van der Waals surface area contributed by atoms with Crippen LogP contribution in [0.15, 0.2) is 59.7 Å². The van der Waals surface area contributed by atoms with Crippen LogP contribution >= 0.6 is 23.8 Å². The van der Waals surface area contributed by atoms with E-state index in [4.69, 9.17) is 23.8 Å². The van der Waals surface area contributed by atoms with Crippen molar-refractivity contribution in [3.8, 4) is 0 Å². The van der Waals surface area contributed by atoms with Crippen LogP contribution in [0.2, 0.25) is 5.02 Å². The Bertz CT molecular complexity index is 611. The van der Waals surface area contributed by atoms with Gasteiger partial charge in [-0.3, -0.25) is 5.43 Å². The molecular weight excluding hydrogens is 302 g/mol. The fraction of sp³-hybridized carbons (Fsp3) is 0.125. The summed E-state index contributed by atoms with van der Waals surface area (Å²) in [6.07, 6.45) is 1.69. The summed E-state index contributed by atoms with van der Waals surface area (Å²) in [7, 11) is 0. The van der Waals surface area contributed by atoms with Crippen LogP contribution in [0.5, 0.6) is 0 Å². The number of benzene rings is 2. The lowest BCUT2D eigenvalue weighted by molar-refractivity contribution is 0.704. The van der Waals surface area contributed by atoms with Gasteiger partial charge in [-0.1, -0.05) is 54.1 Å². The summed E-state index contributed by atoms with van der Waals surface area (Å²) in [6.45, 7) is 2.05. The van der Waals surface area contributed by atoms with E-state index >= 15 is 0 Å². The van der Waals surface area contributed by atoms with Gasteiger partial charge >= 0.3 is 0 Å². The molecule has 1 atom stereocenters. The molecule has 0 aliphatic carbocycles. The van der Waals surface area contributed by atoms with Crippen molar-refractivity contribution in [3.05, 3.63) is 70.7 Å². The smallest absolute Gasteiger partial charge is 0.187 e. The van der Waals surface area contributed by atoms with Gasteiger partial charge in [0.15, 0.2) is 5.11 Å². The van der Waals surface area contributed by atoms with E-state index in [1.807, 2.05) is 49.4 Å². The second-order valence-electron chi connectivity index (χ2n) is 4.53. The highest BCUT2D eigenvalue weighted by atomic mass is 35.5. The van der Waals surface area contributed by atoms with E-state index in [1.54, 1.807) is 6.21 Å². The molecule has 5 heteroatoms. The summed E-state index contributed by atoms with van der Waals surface area (Å²) in [6, 6.07) is 17.6. The van der Waals surface area contributed by atoms with E-state index in [1.165, 1.54) is 5.56 Å². The number of hydrogen-bond donors (Lipinski definition) is 2. The summed E-state index contributed by atoms with van der Waals surface area (Å²) >= 11 is 11.0. The van der Waals surface area contributed by atoms with Crippen molar-refractivity contribution in [2.75, 3.05) is 0 Å². The fourth-order valence-electron chi connectivity index (χ4n) is 1.77. The van der Waals surface area contributed by atoms with Gasteiger partial charge in [0.2, 0.25) is 0 Å². The highest BCUT2D eigenvalue weighted by Crippen LogP contribution is 2.10. The Morgan fingerprint density at radius 1 is 1.14 bits per heavy atom. The minimum absolute atomic E-state index is 0.122. The van der Waals surface area contributed by atoms with Crippen molar-refractivity contribution in [2.24, 2.45) is 5.10 Å². The number of rotatable bonds is 4. The maximum absolute atomic E-state index is 5.82. The average molecular weight is 318 g/mol. The van der Waals surface area contributed by atoms with Crippen molar-refractivity contribution in [3.63, 3.8) is 0 Å². The van der Waals surface area contributed by atoms with E-state index in [0.717, 1.165) is 5.56 Å². The Morgan fingerprint density at radius 3 is 2.48 bits per heavy atom. The van der Waals surface area contributed by atoms with Gasteiger partial charge in [-0.25, -0.2) is 0 Å². The van der Waals surface area contributed by atoms with E-state index < -0.39 is 0 Å². The van der Waals surface area contributed by atoms with Gasteiger partial charge in [-0.15, -0.1) is 0 Å². The van der Waals surface area contributed by atoms with E-state index in [9.17, 15) is 0 Å². The third-order valence-electron chi connectivity index (χ3n) is 2.90. The first kappa shape index (κ1) is 15.5. The molecule has 0 fully saturated rings. The molecule has 2 rings (SSSR count). The number of thiocarbonyl (C=S) groups is 1. The Morgan fingerprint density at radius 2 is 1.81 bits per heavy atom. The van der Waals surface area contributed by atoms with Crippen LogP contribution in [-0.4, -0.2) is 11.3 Å². The molecule has 0 saturated carbocycles. The largest absolute Gasteiger partial charge is 0.355 e. The van der Waals surface area contributed by atoms with Crippen molar-refractivity contribution in [2.45, 2.75) is 13.0 Å². The molecule has 0 aliphatic heterocycles. The van der Waals surface area contributed by atoms with E-state index in [2.05, 4.69) is 28.0 Å². The van der Waals surface area contributed by atoms with Crippen LogP contribution < -0.4 is 10.7 Å². The maximum Gasteiger partial charge on any atom is 0.187 e. The van der Waals surface area contributed by atoms with Gasteiger partial charge in [0.1, 0.15) is 0 Å². The highest BCUT2D eigenvalue weighted by Gasteiger charge is 2.05. The fourth-order valence-corrected chi connectivity index (χ4v) is 2.12. The predicted octanol–water partition coefficient (Wildman–Crippen LogP) is 3.90. The number of hydrogen-bond acceptors (Lipinski definition) is 2. The quantitative estimate of drug-likeness (QED) is 0.510. The molecule has 21 heavy (non-hydrogen) atoms. The topological polar surface area (TPSA) is 36.4 Å². The molecule has 0 unspecified atom stereocenters. The van der Waals surface area contributed by atoms with Crippen LogP contribution in [0.25, 0.3) is 0 Å². The standard InChI is InChI=1S/C16H16ClN3S/c1-12(14-5-3-2-4-6-14)19-16(21)20-18-11-13-7-9-15(17)10-8-13/h2-12H,1H3,(H2,19,20,21)/b18-11+/t12-/m1/s1. The Balaban J connectivity index is 1.83. The Labute approximate surface area is 135 Å². The predicted molar refractivity (Wildman–Crippen MR) is 92.8 cm³/mol. The SMILES string of the molecule is C[C@@H](NC(=S)N/N=C/c1ccc(Cl)cc1)c1ccccc1. The molecule has 108 valence electrons. The van der Waals surface area contributed by atoms with Gasteiger partial charge in [0.05, 0.1) is 12.3 Å². The molecule has 0 aliphatic rings. The number of halogens is 1. The maximum atomic E-state index is 5.82. The molecule has 0 spiro atoms. The molecule has 2 N–H and O–H groups in total. The minimum atomic E-state index is 0.122. The van der Waals surface area contributed by atoms with Crippen LogP contribution in [-0.2, 0) is 0 Å². The van der Waals surface area contributed by atoms with Crippen LogP contribution in [0.1, 0.15) is 24.1 Å². The number of nitrogens with one attached hydrogen (secondary N) is 2.